The lowest BCUT2D eigenvalue weighted by Crippen LogP contribution is -2.22. The van der Waals surface area contributed by atoms with Crippen LogP contribution in [0.25, 0.3) is 0 Å². The third-order valence-electron chi connectivity index (χ3n) is 3.77. The van der Waals surface area contributed by atoms with Gasteiger partial charge >= 0.3 is 11.9 Å². The molecule has 0 spiro atoms. The van der Waals surface area contributed by atoms with Gasteiger partial charge in [0.25, 0.3) is 0 Å². The highest BCUT2D eigenvalue weighted by Crippen LogP contribution is 2.22. The van der Waals surface area contributed by atoms with Crippen LogP contribution < -0.4 is 0 Å². The summed E-state index contributed by atoms with van der Waals surface area (Å²) < 4.78 is 15.8. The molecule has 1 heterocycles. The number of furan rings is 1. The molecule has 0 saturated carbocycles. The number of rotatable bonds is 6. The number of benzene rings is 2. The molecule has 0 aliphatic heterocycles. The van der Waals surface area contributed by atoms with Gasteiger partial charge in [-0.3, -0.25) is 0 Å². The van der Waals surface area contributed by atoms with Crippen molar-refractivity contribution in [2.45, 2.75) is 19.6 Å². The molecule has 1 aromatic heterocycles. The summed E-state index contributed by atoms with van der Waals surface area (Å²) in [7, 11) is 0. The molecule has 1 unspecified atom stereocenters. The minimum absolute atomic E-state index is 0.0305. The number of carbonyl (C=O) groups excluding carboxylic acids is 2. The maximum Gasteiger partial charge on any atom is 0.352 e. The summed E-state index contributed by atoms with van der Waals surface area (Å²) in [5, 5.41) is 0. The molecule has 26 heavy (non-hydrogen) atoms. The molecule has 0 radical (unpaired) electrons. The van der Waals surface area contributed by atoms with Crippen molar-refractivity contribution in [1.29, 1.82) is 0 Å². The van der Waals surface area contributed by atoms with E-state index >= 15 is 0 Å². The van der Waals surface area contributed by atoms with Gasteiger partial charge < -0.3 is 13.9 Å². The van der Waals surface area contributed by atoms with E-state index in [-0.39, 0.29) is 6.61 Å². The van der Waals surface area contributed by atoms with E-state index in [1.165, 1.54) is 6.26 Å². The van der Waals surface area contributed by atoms with Crippen molar-refractivity contribution >= 4 is 11.9 Å². The van der Waals surface area contributed by atoms with E-state index < -0.39 is 18.0 Å². The highest BCUT2D eigenvalue weighted by molar-refractivity contribution is 5.91. The fourth-order valence-electron chi connectivity index (χ4n) is 2.36. The number of hydrogen-bond donors (Lipinski definition) is 0. The first-order valence-electron chi connectivity index (χ1n) is 8.15. The lowest BCUT2D eigenvalue weighted by molar-refractivity contribution is -0.156. The SMILES string of the molecule is Cc1ccc(C(=O)OC(C(=O)OCc2ccco2)c2ccccc2)cc1. The first-order chi connectivity index (χ1) is 12.6. The number of hydrogen-bond acceptors (Lipinski definition) is 5. The predicted octanol–water partition coefficient (Wildman–Crippen LogP) is 4.23. The average Bonchev–Trinajstić information content (AvgIpc) is 3.19. The minimum atomic E-state index is -1.15. The van der Waals surface area contributed by atoms with Crippen molar-refractivity contribution in [2.24, 2.45) is 0 Å². The van der Waals surface area contributed by atoms with Crippen molar-refractivity contribution in [3.8, 4) is 0 Å². The van der Waals surface area contributed by atoms with Crippen LogP contribution >= 0.6 is 0 Å². The molecule has 0 N–H and O–H groups in total. The highest BCUT2D eigenvalue weighted by atomic mass is 16.6. The smallest absolute Gasteiger partial charge is 0.352 e. The van der Waals surface area contributed by atoms with Gasteiger partial charge in [0.1, 0.15) is 12.4 Å². The molecule has 5 heteroatoms. The van der Waals surface area contributed by atoms with Crippen molar-refractivity contribution in [2.75, 3.05) is 0 Å². The Bertz CT molecular complexity index is 851. The van der Waals surface area contributed by atoms with Gasteiger partial charge in [0.2, 0.25) is 6.10 Å². The van der Waals surface area contributed by atoms with E-state index in [0.29, 0.717) is 16.9 Å². The molecular formula is C21H18O5. The highest BCUT2D eigenvalue weighted by Gasteiger charge is 2.27. The maximum absolute atomic E-state index is 12.5. The van der Waals surface area contributed by atoms with Crippen molar-refractivity contribution in [3.05, 3.63) is 95.4 Å². The van der Waals surface area contributed by atoms with E-state index in [2.05, 4.69) is 0 Å². The zero-order chi connectivity index (χ0) is 18.4. The van der Waals surface area contributed by atoms with Crippen LogP contribution in [-0.2, 0) is 20.9 Å². The molecule has 1 atom stereocenters. The summed E-state index contributed by atoms with van der Waals surface area (Å²) in [6, 6.07) is 19.1. The topological polar surface area (TPSA) is 65.7 Å². The molecule has 0 amide bonds. The third kappa shape index (κ3) is 4.39. The number of aryl methyl sites for hydroxylation is 1. The van der Waals surface area contributed by atoms with Crippen LogP contribution in [0.4, 0.5) is 0 Å². The van der Waals surface area contributed by atoms with Gasteiger partial charge in [0.05, 0.1) is 11.8 Å². The molecular weight excluding hydrogens is 332 g/mol. The Morgan fingerprint density at radius 2 is 1.69 bits per heavy atom. The second-order valence-electron chi connectivity index (χ2n) is 5.75. The Kier molecular flexibility index (Phi) is 5.49. The largest absolute Gasteiger partial charge is 0.466 e. The standard InChI is InChI=1S/C21H18O5/c1-15-9-11-17(12-10-15)20(22)26-19(16-6-3-2-4-7-16)21(23)25-14-18-8-5-13-24-18/h2-13,19H,14H2,1H3. The van der Waals surface area contributed by atoms with Crippen LogP contribution in [0.2, 0.25) is 0 Å². The quantitative estimate of drug-likeness (QED) is 0.623. The van der Waals surface area contributed by atoms with Crippen molar-refractivity contribution in [3.63, 3.8) is 0 Å². The Hall–Kier alpha value is -3.34. The first kappa shape index (κ1) is 17.5. The molecule has 0 bridgehead atoms. The van der Waals surface area contributed by atoms with Crippen molar-refractivity contribution in [1.82, 2.24) is 0 Å². The van der Waals surface area contributed by atoms with E-state index in [1.54, 1.807) is 48.5 Å². The monoisotopic (exact) mass is 350 g/mol. The summed E-state index contributed by atoms with van der Waals surface area (Å²) >= 11 is 0. The van der Waals surface area contributed by atoms with Crippen molar-refractivity contribution < 1.29 is 23.5 Å². The third-order valence-corrected chi connectivity index (χ3v) is 3.77. The number of ether oxygens (including phenoxy) is 2. The first-order valence-corrected chi connectivity index (χ1v) is 8.15. The Labute approximate surface area is 151 Å². The Morgan fingerprint density at radius 1 is 0.962 bits per heavy atom. The number of esters is 2. The fraction of sp³-hybridized carbons (Fsp3) is 0.143. The average molecular weight is 350 g/mol. The maximum atomic E-state index is 12.5. The molecule has 2 aromatic carbocycles. The number of carbonyl (C=O) groups is 2. The second-order valence-corrected chi connectivity index (χ2v) is 5.75. The minimum Gasteiger partial charge on any atom is -0.466 e. The van der Waals surface area contributed by atoms with Crippen LogP contribution in [-0.4, -0.2) is 11.9 Å². The van der Waals surface area contributed by atoms with Gasteiger partial charge in [-0.05, 0) is 31.2 Å². The predicted molar refractivity (Wildman–Crippen MR) is 94.3 cm³/mol. The zero-order valence-electron chi connectivity index (χ0n) is 14.3. The molecule has 5 nitrogen and oxygen atoms in total. The zero-order valence-corrected chi connectivity index (χ0v) is 14.3. The Morgan fingerprint density at radius 3 is 2.35 bits per heavy atom. The van der Waals surface area contributed by atoms with Crippen LogP contribution in [0.5, 0.6) is 0 Å². The summed E-state index contributed by atoms with van der Waals surface area (Å²) in [5.74, 6) is -0.739. The second kappa shape index (κ2) is 8.16. The molecule has 0 aliphatic carbocycles. The lowest BCUT2D eigenvalue weighted by Gasteiger charge is -2.17. The normalized spacial score (nSPS) is 11.6. The van der Waals surface area contributed by atoms with Gasteiger partial charge in [-0.1, -0.05) is 48.0 Å². The molecule has 0 aliphatic rings. The molecule has 0 fully saturated rings. The van der Waals surface area contributed by atoms with Crippen LogP contribution in [0, 0.1) is 6.92 Å². The summed E-state index contributed by atoms with van der Waals surface area (Å²) in [6.45, 7) is 1.89. The van der Waals surface area contributed by atoms with Gasteiger partial charge in [-0.2, -0.15) is 0 Å². The van der Waals surface area contributed by atoms with Crippen LogP contribution in [0.1, 0.15) is 33.3 Å². The van der Waals surface area contributed by atoms with Crippen LogP contribution in [0.3, 0.4) is 0 Å². The van der Waals surface area contributed by atoms with Gasteiger partial charge in [-0.15, -0.1) is 0 Å². The summed E-state index contributed by atoms with van der Waals surface area (Å²) in [6.07, 6.45) is 0.342. The molecule has 0 saturated heterocycles. The molecule has 132 valence electrons. The lowest BCUT2D eigenvalue weighted by atomic mass is 10.1. The van der Waals surface area contributed by atoms with E-state index in [9.17, 15) is 9.59 Å². The summed E-state index contributed by atoms with van der Waals surface area (Å²) in [5.41, 5.74) is 1.94. The van der Waals surface area contributed by atoms with Crippen LogP contribution in [0.15, 0.2) is 77.4 Å². The molecule has 3 rings (SSSR count). The van der Waals surface area contributed by atoms with Gasteiger partial charge in [0.15, 0.2) is 0 Å². The van der Waals surface area contributed by atoms with Gasteiger partial charge in [0, 0.05) is 5.56 Å². The van der Waals surface area contributed by atoms with E-state index in [0.717, 1.165) is 5.56 Å². The summed E-state index contributed by atoms with van der Waals surface area (Å²) in [4.78, 5) is 24.9. The molecule has 3 aromatic rings. The van der Waals surface area contributed by atoms with Gasteiger partial charge in [-0.25, -0.2) is 9.59 Å². The fourth-order valence-corrected chi connectivity index (χ4v) is 2.36. The van der Waals surface area contributed by atoms with E-state index in [1.807, 2.05) is 25.1 Å². The van der Waals surface area contributed by atoms with E-state index in [4.69, 9.17) is 13.9 Å². The Balaban J connectivity index is 1.75.